The molecule has 2 aliphatic rings. The fraction of sp³-hybridized carbons (Fsp3) is 0.520. The first-order valence-electron chi connectivity index (χ1n) is 11.2. The number of hydrogen-bond acceptors (Lipinski definition) is 13. The Morgan fingerprint density at radius 2 is 1.20 bits per heavy atom. The van der Waals surface area contributed by atoms with Crippen LogP contribution in [-0.4, -0.2) is 111 Å². The molecule has 16 heteroatoms. The monoisotopic (exact) mass is 1100 g/mol. The molecule has 234 valence electrons. The Hall–Kier alpha value is -4.24. The molecular weight excluding hydrogens is 1060 g/mol. The number of ether oxygens (including phenoxy) is 7. The van der Waals surface area contributed by atoms with Gasteiger partial charge in [-0.25, -0.2) is 47.8 Å². The van der Waals surface area contributed by atoms with Gasteiger partial charge in [0.25, 0.3) is 0 Å². The van der Waals surface area contributed by atoms with E-state index in [1.54, 1.807) is 6.08 Å². The van der Waals surface area contributed by atoms with Crippen molar-refractivity contribution in [3.8, 4) is 0 Å². The van der Waals surface area contributed by atoms with Crippen molar-refractivity contribution in [3.05, 3.63) is 66.4 Å². The van der Waals surface area contributed by atoms with Crippen molar-refractivity contribution >= 4 is 11.9 Å². The Bertz CT molecular complexity index is 591. The number of carbonyl (C=O) groups excluding carboxylic acids is 1. The second-order valence-electron chi connectivity index (χ2n) is 6.94. The predicted molar refractivity (Wildman–Crippen MR) is 138 cm³/mol. The molecule has 14 nitrogen and oxygen atoms in total. The van der Waals surface area contributed by atoms with E-state index in [0.29, 0.717) is 32.0 Å². The van der Waals surface area contributed by atoms with Crippen molar-refractivity contribution in [2.75, 3.05) is 59.5 Å². The van der Waals surface area contributed by atoms with Gasteiger partial charge in [0.2, 0.25) is 0 Å². The van der Waals surface area contributed by atoms with Crippen LogP contribution in [0.2, 0.25) is 0 Å². The minimum absolute atomic E-state index is 0. The molecule has 0 amide bonds. The zero-order valence-electron chi connectivity index (χ0n) is 23.6. The molecule has 2 rings (SSSR count). The molecule has 0 spiro atoms. The molecule has 0 bridgehead atoms. The van der Waals surface area contributed by atoms with Crippen molar-refractivity contribution < 1.29 is 67.8 Å². The van der Waals surface area contributed by atoms with Crippen molar-refractivity contribution in [1.82, 2.24) is 0 Å². The van der Waals surface area contributed by atoms with Crippen LogP contribution in [0.1, 0.15) is 0 Å². The Kier molecular flexibility index (Phi) is 40.6. The summed E-state index contributed by atoms with van der Waals surface area (Å²) in [4.78, 5) is 28.8. The third kappa shape index (κ3) is 49.3. The molecule has 2 aliphatic heterocycles. The molecule has 2 saturated heterocycles. The summed E-state index contributed by atoms with van der Waals surface area (Å²) in [6.45, 7) is 13.0. The normalized spacial score (nSPS) is 16.4. The van der Waals surface area contributed by atoms with Crippen LogP contribution in [-0.2, 0) is 52.5 Å². The van der Waals surface area contributed by atoms with E-state index in [4.69, 9.17) is 24.8 Å². The first-order valence-corrected chi connectivity index (χ1v) is 11.2. The average molecular weight is 1100 g/mol. The predicted octanol–water partition coefficient (Wildman–Crippen LogP) is 0.818. The summed E-state index contributed by atoms with van der Waals surface area (Å²) in [5, 5.41) is 25.5. The molecule has 2 heterocycles. The SMILES string of the molecule is C=CC(=O)O.C=CC(=O)OCC(O)CO[CH2-].C=CCOOCC(O)CO[CH2-].[CH2-]OCC1CO1.[CH2-]OCC1CO1.[Rf].[Rf]. The zero-order chi connectivity index (χ0) is 30.3. The molecule has 4 atom stereocenters. The van der Waals surface area contributed by atoms with E-state index in [0.717, 1.165) is 25.4 Å². The molecule has 41 heavy (non-hydrogen) atoms. The summed E-state index contributed by atoms with van der Waals surface area (Å²) in [5.41, 5.74) is 0. The number of rotatable bonds is 17. The Balaban J connectivity index is -0.000000134. The maximum absolute atomic E-state index is 10.4. The summed E-state index contributed by atoms with van der Waals surface area (Å²) >= 11 is 0. The molecule has 0 aromatic carbocycles. The van der Waals surface area contributed by atoms with Crippen LogP contribution in [0.4, 0.5) is 0 Å². The maximum Gasteiger partial charge on any atom is 0.330 e. The smallest absolute Gasteiger partial charge is 0.330 e. The number of carboxylic acid groups (broad SMARTS) is 1. The first kappa shape index (κ1) is 46.6. The number of esters is 1. The second kappa shape index (κ2) is 35.8. The third-order valence-corrected chi connectivity index (χ3v) is 3.32. The minimum atomic E-state index is -0.981. The van der Waals surface area contributed by atoms with Gasteiger partial charge < -0.3 is 48.5 Å². The van der Waals surface area contributed by atoms with Gasteiger partial charge in [-0.2, -0.15) is 0 Å². The molecule has 0 aromatic rings. The molecule has 0 radical (unpaired) electrons. The van der Waals surface area contributed by atoms with Crippen LogP contribution in [0.15, 0.2) is 38.0 Å². The molecule has 4 unspecified atom stereocenters. The Morgan fingerprint density at radius 1 is 0.780 bits per heavy atom. The third-order valence-electron chi connectivity index (χ3n) is 3.32. The van der Waals surface area contributed by atoms with Crippen molar-refractivity contribution in [3.63, 3.8) is 0 Å². The standard InChI is InChI=1S/C7H11O4.C7H13O4.2C4H7O2.C3H4O2.2Rf/c1-3-7(9)11-5-6(8)4-10-2;1-3-4-10-11-6-7(8)5-9-2;2*1-5-2-4-3-6-4;1-2-3(4)5;;/h3,6,8H,1-2,4-5H2;3,7-8H,1-2,4-6H2;2*4H,1-3H2;2H,1H2,(H,4,5);;/q4*-1;;;. The quantitative estimate of drug-likeness (QED) is 0.0272. The van der Waals surface area contributed by atoms with Crippen LogP contribution in [0.5, 0.6) is 0 Å². The maximum atomic E-state index is 10.4. The van der Waals surface area contributed by atoms with Gasteiger partial charge in [-0.1, -0.05) is 19.2 Å². The topological polar surface area (TPSA) is 184 Å². The van der Waals surface area contributed by atoms with Crippen LogP contribution in [0.3, 0.4) is 0 Å². The summed E-state index contributed by atoms with van der Waals surface area (Å²) in [7, 11) is 12.5. The Labute approximate surface area is 230 Å². The van der Waals surface area contributed by atoms with Crippen molar-refractivity contribution in [2.45, 2.75) is 24.4 Å². The largest absolute Gasteiger partial charge is 0.553 e. The fourth-order valence-corrected chi connectivity index (χ4v) is 1.42. The number of aliphatic hydroxyl groups excluding tert-OH is 2. The van der Waals surface area contributed by atoms with Gasteiger partial charge in [-0.15, -0.1) is 6.58 Å². The van der Waals surface area contributed by atoms with Gasteiger partial charge in [0.05, 0.1) is 13.2 Å². The number of carbonyl (C=O) groups is 2. The van der Waals surface area contributed by atoms with Crippen LogP contribution in [0, 0.1) is 28.4 Å². The van der Waals surface area contributed by atoms with Crippen LogP contribution >= 0.6 is 0 Å². The fourth-order valence-electron chi connectivity index (χ4n) is 1.42. The van der Waals surface area contributed by atoms with Crippen LogP contribution < -0.4 is 0 Å². The number of aliphatic hydroxyl groups is 2. The summed E-state index contributed by atoms with van der Waals surface area (Å²) in [5.74, 6) is -1.54. The minimum Gasteiger partial charge on any atom is -0.553 e. The molecule has 0 saturated carbocycles. The Morgan fingerprint density at radius 3 is 1.46 bits per heavy atom. The van der Waals surface area contributed by atoms with E-state index in [1.807, 2.05) is 0 Å². The molecule has 0 aliphatic carbocycles. The van der Waals surface area contributed by atoms with E-state index >= 15 is 0 Å². The van der Waals surface area contributed by atoms with Crippen LogP contribution in [0.25, 0.3) is 0 Å². The summed E-state index contributed by atoms with van der Waals surface area (Å²) < 4.78 is 31.8. The number of hydrogen-bond donors (Lipinski definition) is 3. The van der Waals surface area contributed by atoms with Gasteiger partial charge in [0.15, 0.2) is 0 Å². The molecule has 0 aromatic heterocycles. The van der Waals surface area contributed by atoms with Crippen molar-refractivity contribution in [1.29, 1.82) is 0 Å². The van der Waals surface area contributed by atoms with E-state index in [2.05, 4.69) is 81.6 Å². The van der Waals surface area contributed by atoms with E-state index in [-0.39, 0.29) is 26.4 Å². The average Bonchev–Trinajstić information content (AvgIpc) is 3.85. The van der Waals surface area contributed by atoms with E-state index in [1.165, 1.54) is 0 Å². The van der Waals surface area contributed by atoms with Crippen molar-refractivity contribution in [2.24, 2.45) is 0 Å². The first-order chi connectivity index (χ1) is 18.6. The number of carboxylic acids is 1. The van der Waals surface area contributed by atoms with E-state index < -0.39 is 24.1 Å². The van der Waals surface area contributed by atoms with E-state index in [9.17, 15) is 9.59 Å². The van der Waals surface area contributed by atoms with Gasteiger partial charge in [0, 0.05) is 38.6 Å². The zero-order valence-corrected chi connectivity index (χ0v) is 36.4. The summed E-state index contributed by atoms with van der Waals surface area (Å²) in [6, 6.07) is 0. The molecule has 2 fully saturated rings. The summed E-state index contributed by atoms with van der Waals surface area (Å²) in [6.07, 6.45) is 2.61. The number of epoxide rings is 2. The van der Waals surface area contributed by atoms with Gasteiger partial charge in [0.1, 0.15) is 44.2 Å². The molecular formula is C25H42O14Rf2-4. The molecule has 3 N–H and O–H groups in total. The number of aliphatic carboxylic acids is 1. The van der Waals surface area contributed by atoms with Gasteiger partial charge >= 0.3 is 11.9 Å². The second-order valence-corrected chi connectivity index (χ2v) is 6.94. The van der Waals surface area contributed by atoms with Gasteiger partial charge in [-0.3, -0.25) is 0 Å². The van der Waals surface area contributed by atoms with Gasteiger partial charge in [-0.05, 0) is 0 Å².